The quantitative estimate of drug-likeness (QED) is 0.431. The van der Waals surface area contributed by atoms with Crippen LogP contribution in [0.5, 0.6) is 0 Å². The molecule has 1 heterocycles. The van der Waals surface area contributed by atoms with Crippen LogP contribution in [-0.4, -0.2) is 53.9 Å². The Hall–Kier alpha value is -0.720. The molecule has 6 heteroatoms. The summed E-state index contributed by atoms with van der Waals surface area (Å²) in [6.45, 7) is 1.41. The van der Waals surface area contributed by atoms with Gasteiger partial charge in [0.25, 0.3) is 0 Å². The van der Waals surface area contributed by atoms with Crippen molar-refractivity contribution in [2.75, 3.05) is 32.9 Å². The summed E-state index contributed by atoms with van der Waals surface area (Å²) >= 11 is 4.88. The first-order chi connectivity index (χ1) is 6.25. The van der Waals surface area contributed by atoms with Gasteiger partial charge in [0.05, 0.1) is 32.9 Å². The van der Waals surface area contributed by atoms with Crippen LogP contribution in [0.3, 0.4) is 0 Å². The predicted molar refractivity (Wildman–Crippen MR) is 50.2 cm³/mol. The van der Waals surface area contributed by atoms with Gasteiger partial charge in [0, 0.05) is 0 Å². The zero-order chi connectivity index (χ0) is 9.68. The van der Waals surface area contributed by atoms with Gasteiger partial charge in [-0.1, -0.05) is 0 Å². The van der Waals surface area contributed by atoms with Crippen molar-refractivity contribution >= 4 is 23.2 Å². The largest absolute Gasteiger partial charge is 0.394 e. The number of nitrogens with zero attached hydrogens (tertiary/aromatic N) is 1. The normalized spacial score (nSPS) is 16.5. The van der Waals surface area contributed by atoms with Crippen molar-refractivity contribution in [2.24, 2.45) is 0 Å². The summed E-state index contributed by atoms with van der Waals surface area (Å²) in [7, 11) is 0. The highest BCUT2D eigenvalue weighted by atomic mass is 32.1. The number of hydrogen-bond donors (Lipinski definition) is 2. The topological polar surface area (TPSA) is 61.8 Å². The van der Waals surface area contributed by atoms with Crippen LogP contribution in [0.2, 0.25) is 0 Å². The van der Waals surface area contributed by atoms with Crippen LogP contribution in [-0.2, 0) is 9.53 Å². The summed E-state index contributed by atoms with van der Waals surface area (Å²) in [6, 6.07) is 0. The second-order valence-electron chi connectivity index (χ2n) is 2.54. The minimum Gasteiger partial charge on any atom is -0.394 e. The summed E-state index contributed by atoms with van der Waals surface area (Å²) in [5.74, 6) is -0.0300. The smallest absolute Gasteiger partial charge is 0.248 e. The first kappa shape index (κ1) is 10.4. The Morgan fingerprint density at radius 3 is 2.92 bits per heavy atom. The lowest BCUT2D eigenvalue weighted by molar-refractivity contribution is -0.125. The summed E-state index contributed by atoms with van der Waals surface area (Å²) in [5.41, 5.74) is 0. The molecule has 13 heavy (non-hydrogen) atoms. The molecule has 5 nitrogen and oxygen atoms in total. The first-order valence-corrected chi connectivity index (χ1v) is 4.43. The van der Waals surface area contributed by atoms with Gasteiger partial charge in [-0.15, -0.1) is 0 Å². The van der Waals surface area contributed by atoms with Crippen LogP contribution < -0.4 is 5.32 Å². The van der Waals surface area contributed by atoms with Gasteiger partial charge in [0.2, 0.25) is 5.91 Å². The minimum absolute atomic E-state index is 0.00333. The van der Waals surface area contributed by atoms with Crippen molar-refractivity contribution in [1.82, 2.24) is 10.2 Å². The zero-order valence-corrected chi connectivity index (χ0v) is 7.97. The maximum absolute atomic E-state index is 11.1. The van der Waals surface area contributed by atoms with E-state index < -0.39 is 0 Å². The average molecular weight is 204 g/mol. The molecule has 0 radical (unpaired) electrons. The van der Waals surface area contributed by atoms with Crippen molar-refractivity contribution in [1.29, 1.82) is 0 Å². The molecule has 1 fully saturated rings. The Morgan fingerprint density at radius 2 is 2.38 bits per heavy atom. The molecule has 1 saturated heterocycles. The number of carbonyl (C=O) groups excluding carboxylic acids is 1. The molecule has 74 valence electrons. The molecule has 1 aliphatic rings. The summed E-state index contributed by atoms with van der Waals surface area (Å²) in [6.07, 6.45) is 0. The second kappa shape index (κ2) is 5.11. The fourth-order valence-electron chi connectivity index (χ4n) is 1.00. The van der Waals surface area contributed by atoms with E-state index in [0.29, 0.717) is 24.9 Å². The Kier molecular flexibility index (Phi) is 4.07. The third kappa shape index (κ3) is 2.91. The van der Waals surface area contributed by atoms with Gasteiger partial charge in [-0.25, -0.2) is 0 Å². The molecule has 1 rings (SSSR count). The molecule has 0 bridgehead atoms. The van der Waals surface area contributed by atoms with Gasteiger partial charge in [-0.2, -0.15) is 0 Å². The Bertz CT molecular complexity index is 194. The number of amides is 1. The van der Waals surface area contributed by atoms with Crippen molar-refractivity contribution in [3.63, 3.8) is 0 Å². The predicted octanol–water partition coefficient (Wildman–Crippen LogP) is -1.29. The molecule has 0 aliphatic carbocycles. The maximum Gasteiger partial charge on any atom is 0.248 e. The lowest BCUT2D eigenvalue weighted by atomic mass is 10.5. The highest BCUT2D eigenvalue weighted by Gasteiger charge is 2.24. The standard InChI is InChI=1S/C7H12N2O3S/c10-2-4-12-3-1-9-6(11)5-8-7(9)13/h10H,1-5H2,(H,8,13). The second-order valence-corrected chi connectivity index (χ2v) is 2.93. The third-order valence-electron chi connectivity index (χ3n) is 1.63. The van der Waals surface area contributed by atoms with Crippen molar-refractivity contribution in [2.45, 2.75) is 0 Å². The van der Waals surface area contributed by atoms with Crippen LogP contribution in [0, 0.1) is 0 Å². The number of carbonyl (C=O) groups is 1. The molecular formula is C7H12N2O3S. The van der Waals surface area contributed by atoms with Crippen LogP contribution in [0.1, 0.15) is 0 Å². The Balaban J connectivity index is 2.20. The highest BCUT2D eigenvalue weighted by Crippen LogP contribution is 1.98. The van der Waals surface area contributed by atoms with Crippen LogP contribution in [0.25, 0.3) is 0 Å². The van der Waals surface area contributed by atoms with E-state index in [1.54, 1.807) is 0 Å². The number of aliphatic hydroxyl groups is 1. The van der Waals surface area contributed by atoms with Crippen molar-refractivity contribution in [3.8, 4) is 0 Å². The SMILES string of the molecule is O=C1CNC(=S)N1CCOCCO. The number of hydrogen-bond acceptors (Lipinski definition) is 4. The lowest BCUT2D eigenvalue weighted by Gasteiger charge is -2.13. The molecule has 0 atom stereocenters. The van der Waals surface area contributed by atoms with E-state index in [4.69, 9.17) is 22.1 Å². The van der Waals surface area contributed by atoms with Gasteiger partial charge in [-0.3, -0.25) is 9.69 Å². The monoisotopic (exact) mass is 204 g/mol. The number of thiocarbonyl (C=S) groups is 1. The van der Waals surface area contributed by atoms with Crippen LogP contribution in [0.4, 0.5) is 0 Å². The molecule has 1 aliphatic heterocycles. The number of nitrogens with one attached hydrogen (secondary N) is 1. The molecule has 0 aromatic heterocycles. The van der Waals surface area contributed by atoms with Gasteiger partial charge in [0.1, 0.15) is 0 Å². The molecule has 0 spiro atoms. The first-order valence-electron chi connectivity index (χ1n) is 4.02. The van der Waals surface area contributed by atoms with Gasteiger partial charge in [-0.05, 0) is 12.2 Å². The molecule has 0 aromatic rings. The van der Waals surface area contributed by atoms with Crippen LogP contribution in [0.15, 0.2) is 0 Å². The zero-order valence-electron chi connectivity index (χ0n) is 7.15. The van der Waals surface area contributed by atoms with Crippen LogP contribution >= 0.6 is 12.2 Å². The fourth-order valence-corrected chi connectivity index (χ4v) is 1.27. The summed E-state index contributed by atoms with van der Waals surface area (Å²) in [5, 5.41) is 11.6. The van der Waals surface area contributed by atoms with E-state index in [1.807, 2.05) is 0 Å². The third-order valence-corrected chi connectivity index (χ3v) is 2.00. The van der Waals surface area contributed by atoms with E-state index in [9.17, 15) is 4.79 Å². The van der Waals surface area contributed by atoms with Crippen molar-refractivity contribution in [3.05, 3.63) is 0 Å². The Labute approximate surface area is 81.7 Å². The van der Waals surface area contributed by atoms with E-state index in [0.717, 1.165) is 0 Å². The highest BCUT2D eigenvalue weighted by molar-refractivity contribution is 7.80. The van der Waals surface area contributed by atoms with Gasteiger partial charge >= 0.3 is 0 Å². The molecule has 0 unspecified atom stereocenters. The molecule has 0 saturated carbocycles. The van der Waals surface area contributed by atoms with E-state index >= 15 is 0 Å². The van der Waals surface area contributed by atoms with Gasteiger partial charge in [0.15, 0.2) is 5.11 Å². The average Bonchev–Trinajstić information content (AvgIpc) is 2.42. The van der Waals surface area contributed by atoms with E-state index in [-0.39, 0.29) is 19.1 Å². The molecule has 1 amide bonds. The fraction of sp³-hybridized carbons (Fsp3) is 0.714. The van der Waals surface area contributed by atoms with E-state index in [2.05, 4.69) is 5.32 Å². The maximum atomic E-state index is 11.1. The number of rotatable bonds is 5. The number of aliphatic hydroxyl groups excluding tert-OH is 1. The minimum atomic E-state index is -0.0300. The molecule has 2 N–H and O–H groups in total. The Morgan fingerprint density at radius 1 is 1.62 bits per heavy atom. The van der Waals surface area contributed by atoms with Crippen molar-refractivity contribution < 1.29 is 14.6 Å². The summed E-state index contributed by atoms with van der Waals surface area (Å²) < 4.78 is 5.01. The van der Waals surface area contributed by atoms with Gasteiger partial charge < -0.3 is 15.2 Å². The lowest BCUT2D eigenvalue weighted by Crippen LogP contribution is -2.33. The summed E-state index contributed by atoms with van der Waals surface area (Å²) in [4.78, 5) is 12.6. The molecule has 0 aromatic carbocycles. The number of ether oxygens (including phenoxy) is 1. The van der Waals surface area contributed by atoms with E-state index in [1.165, 1.54) is 4.90 Å². The molecular weight excluding hydrogens is 192 g/mol.